The summed E-state index contributed by atoms with van der Waals surface area (Å²) in [6.45, 7) is 7.91. The number of hydrogen-bond donors (Lipinski definition) is 2. The van der Waals surface area contributed by atoms with Crippen molar-refractivity contribution in [2.45, 2.75) is 32.6 Å². The largest absolute Gasteiger partial charge is 0.494 e. The van der Waals surface area contributed by atoms with Gasteiger partial charge in [-0.05, 0) is 29.5 Å². The first-order valence-corrected chi connectivity index (χ1v) is 9.98. The van der Waals surface area contributed by atoms with Gasteiger partial charge in [-0.2, -0.15) is 0 Å². The van der Waals surface area contributed by atoms with Crippen LogP contribution in [0.15, 0.2) is 24.3 Å². The van der Waals surface area contributed by atoms with E-state index >= 15 is 0 Å². The molecule has 4 amide bonds. The minimum absolute atomic E-state index is 0.115. The van der Waals surface area contributed by atoms with E-state index in [-0.39, 0.29) is 41.4 Å². The van der Waals surface area contributed by atoms with Gasteiger partial charge in [0, 0.05) is 19.6 Å². The summed E-state index contributed by atoms with van der Waals surface area (Å²) in [6, 6.07) is 7.72. The normalized spacial score (nSPS) is 14.4. The van der Waals surface area contributed by atoms with Crippen molar-refractivity contribution in [2.75, 3.05) is 32.0 Å². The maximum Gasteiger partial charge on any atom is 0.314 e. The highest BCUT2D eigenvalue weighted by Crippen LogP contribution is 2.24. The maximum absolute atomic E-state index is 11.7. The van der Waals surface area contributed by atoms with E-state index in [0.29, 0.717) is 19.6 Å². The van der Waals surface area contributed by atoms with Crippen LogP contribution < -0.4 is 15.4 Å². The molecule has 0 atom stereocenters. The molecule has 1 aliphatic heterocycles. The SMILES string of the molecule is CC(C)(C)c1ccc(OCCCNC(=O)NCCN2C(=O)CSC2=O)cc1. The topological polar surface area (TPSA) is 87.7 Å². The fraction of sp³-hybridized carbons (Fsp3) is 0.526. The Labute approximate surface area is 164 Å². The minimum atomic E-state index is -0.323. The fourth-order valence-electron chi connectivity index (χ4n) is 2.46. The number of benzene rings is 1. The zero-order valence-corrected chi connectivity index (χ0v) is 16.9. The lowest BCUT2D eigenvalue weighted by Gasteiger charge is -2.19. The van der Waals surface area contributed by atoms with Gasteiger partial charge in [-0.3, -0.25) is 14.5 Å². The first-order valence-electron chi connectivity index (χ1n) is 8.99. The second-order valence-electron chi connectivity index (χ2n) is 7.26. The van der Waals surface area contributed by atoms with Crippen LogP contribution in [0.2, 0.25) is 0 Å². The van der Waals surface area contributed by atoms with Gasteiger partial charge < -0.3 is 15.4 Å². The van der Waals surface area contributed by atoms with Crippen molar-refractivity contribution in [3.63, 3.8) is 0 Å². The molecule has 1 aromatic rings. The van der Waals surface area contributed by atoms with Crippen molar-refractivity contribution < 1.29 is 19.1 Å². The van der Waals surface area contributed by atoms with Crippen LogP contribution in [-0.2, 0) is 10.2 Å². The number of nitrogens with zero attached hydrogens (tertiary/aromatic N) is 1. The van der Waals surface area contributed by atoms with Gasteiger partial charge in [-0.25, -0.2) is 4.79 Å². The van der Waals surface area contributed by atoms with E-state index in [4.69, 9.17) is 4.74 Å². The van der Waals surface area contributed by atoms with Crippen molar-refractivity contribution in [1.82, 2.24) is 15.5 Å². The van der Waals surface area contributed by atoms with Gasteiger partial charge in [0.05, 0.1) is 12.4 Å². The number of rotatable bonds is 8. The number of thioether (sulfide) groups is 1. The van der Waals surface area contributed by atoms with Crippen LogP contribution >= 0.6 is 11.8 Å². The van der Waals surface area contributed by atoms with E-state index in [1.54, 1.807) is 0 Å². The Morgan fingerprint density at radius 1 is 1.15 bits per heavy atom. The lowest BCUT2D eigenvalue weighted by atomic mass is 9.87. The van der Waals surface area contributed by atoms with Crippen molar-refractivity contribution >= 4 is 28.9 Å². The molecule has 0 aromatic heterocycles. The first kappa shape index (κ1) is 21.1. The van der Waals surface area contributed by atoms with Crippen LogP contribution in [0, 0.1) is 0 Å². The van der Waals surface area contributed by atoms with Crippen molar-refractivity contribution in [3.05, 3.63) is 29.8 Å². The fourth-order valence-corrected chi connectivity index (χ4v) is 3.21. The molecule has 1 aliphatic rings. The molecular formula is C19H27N3O4S. The van der Waals surface area contributed by atoms with Crippen LogP contribution in [-0.4, -0.2) is 54.1 Å². The molecule has 0 spiro atoms. The second kappa shape index (κ2) is 9.64. The molecule has 0 saturated carbocycles. The summed E-state index contributed by atoms with van der Waals surface area (Å²) in [5.74, 6) is 0.786. The van der Waals surface area contributed by atoms with Crippen molar-refractivity contribution in [2.24, 2.45) is 0 Å². The molecule has 8 heteroatoms. The molecule has 1 fully saturated rings. The molecule has 0 aliphatic carbocycles. The Bertz CT molecular complexity index is 655. The zero-order chi connectivity index (χ0) is 19.9. The van der Waals surface area contributed by atoms with E-state index in [1.807, 2.05) is 12.1 Å². The summed E-state index contributed by atoms with van der Waals surface area (Å²) in [5, 5.41) is 5.10. The third kappa shape index (κ3) is 6.78. The third-order valence-electron chi connectivity index (χ3n) is 4.06. The van der Waals surface area contributed by atoms with Gasteiger partial charge >= 0.3 is 6.03 Å². The minimum Gasteiger partial charge on any atom is -0.494 e. The molecule has 27 heavy (non-hydrogen) atoms. The smallest absolute Gasteiger partial charge is 0.314 e. The summed E-state index contributed by atoms with van der Waals surface area (Å²) in [6.07, 6.45) is 0.675. The number of imide groups is 1. The van der Waals surface area contributed by atoms with Gasteiger partial charge in [0.1, 0.15) is 5.75 Å². The first-order chi connectivity index (χ1) is 12.8. The Balaban J connectivity index is 1.55. The number of carbonyl (C=O) groups excluding carboxylic acids is 3. The number of carbonyl (C=O) groups is 3. The molecule has 1 heterocycles. The standard InChI is InChI=1S/C19H27N3O4S/c1-19(2,3)14-5-7-15(8-6-14)26-12-4-9-20-17(24)21-10-11-22-16(23)13-27-18(22)25/h5-8H,4,9-13H2,1-3H3,(H2,20,21,24). The lowest BCUT2D eigenvalue weighted by Crippen LogP contribution is -2.42. The quantitative estimate of drug-likeness (QED) is 0.663. The Morgan fingerprint density at radius 2 is 1.81 bits per heavy atom. The average Bonchev–Trinajstić information content (AvgIpc) is 2.93. The number of ether oxygens (including phenoxy) is 1. The van der Waals surface area contributed by atoms with Crippen LogP contribution in [0.5, 0.6) is 5.75 Å². The Morgan fingerprint density at radius 3 is 2.41 bits per heavy atom. The third-order valence-corrected chi connectivity index (χ3v) is 4.92. The van der Waals surface area contributed by atoms with Crippen molar-refractivity contribution in [3.8, 4) is 5.75 Å². The lowest BCUT2D eigenvalue weighted by molar-refractivity contribution is -0.124. The monoisotopic (exact) mass is 393 g/mol. The van der Waals surface area contributed by atoms with Crippen molar-refractivity contribution in [1.29, 1.82) is 0 Å². The Hall–Kier alpha value is -2.22. The molecule has 0 radical (unpaired) electrons. The van der Waals surface area contributed by atoms with E-state index in [1.165, 1.54) is 5.56 Å². The predicted octanol–water partition coefficient (Wildman–Crippen LogP) is 2.75. The number of amides is 4. The molecule has 1 aromatic carbocycles. The van der Waals surface area contributed by atoms with Crippen LogP contribution in [0.25, 0.3) is 0 Å². The van der Waals surface area contributed by atoms with E-state index < -0.39 is 0 Å². The predicted molar refractivity (Wildman–Crippen MR) is 106 cm³/mol. The van der Waals surface area contributed by atoms with E-state index in [9.17, 15) is 14.4 Å². The molecule has 7 nitrogen and oxygen atoms in total. The highest BCUT2D eigenvalue weighted by Gasteiger charge is 2.29. The summed E-state index contributed by atoms with van der Waals surface area (Å²) in [4.78, 5) is 35.7. The molecule has 2 rings (SSSR count). The molecule has 2 N–H and O–H groups in total. The van der Waals surface area contributed by atoms with Crippen LogP contribution in [0.1, 0.15) is 32.8 Å². The molecule has 0 bridgehead atoms. The molecule has 1 saturated heterocycles. The van der Waals surface area contributed by atoms with Gasteiger partial charge in [0.2, 0.25) is 5.91 Å². The molecule has 0 unspecified atom stereocenters. The summed E-state index contributed by atoms with van der Waals surface area (Å²) < 4.78 is 5.67. The zero-order valence-electron chi connectivity index (χ0n) is 16.0. The number of hydrogen-bond acceptors (Lipinski definition) is 5. The van der Waals surface area contributed by atoms with Gasteiger partial charge in [0.15, 0.2) is 0 Å². The van der Waals surface area contributed by atoms with Crippen LogP contribution in [0.3, 0.4) is 0 Å². The second-order valence-corrected chi connectivity index (χ2v) is 8.19. The summed E-state index contributed by atoms with van der Waals surface area (Å²) in [5.41, 5.74) is 1.37. The van der Waals surface area contributed by atoms with E-state index in [0.717, 1.165) is 22.4 Å². The molecule has 148 valence electrons. The Kier molecular flexibility index (Phi) is 7.53. The van der Waals surface area contributed by atoms with Gasteiger partial charge in [-0.1, -0.05) is 44.7 Å². The number of urea groups is 1. The average molecular weight is 394 g/mol. The summed E-state index contributed by atoms with van der Waals surface area (Å²) >= 11 is 0.987. The maximum atomic E-state index is 11.7. The van der Waals surface area contributed by atoms with Crippen LogP contribution in [0.4, 0.5) is 9.59 Å². The van der Waals surface area contributed by atoms with Gasteiger partial charge in [-0.15, -0.1) is 0 Å². The molecular weight excluding hydrogens is 366 g/mol. The van der Waals surface area contributed by atoms with E-state index in [2.05, 4.69) is 43.5 Å². The van der Waals surface area contributed by atoms with Gasteiger partial charge in [0.25, 0.3) is 5.24 Å². The summed E-state index contributed by atoms with van der Waals surface area (Å²) in [7, 11) is 0. The highest BCUT2D eigenvalue weighted by atomic mass is 32.2. The highest BCUT2D eigenvalue weighted by molar-refractivity contribution is 8.14. The number of nitrogens with one attached hydrogen (secondary N) is 2.